The highest BCUT2D eigenvalue weighted by Crippen LogP contribution is 2.15. The summed E-state index contributed by atoms with van der Waals surface area (Å²) >= 11 is 0. The van der Waals surface area contributed by atoms with E-state index < -0.39 is 5.97 Å². The summed E-state index contributed by atoms with van der Waals surface area (Å²) in [5.41, 5.74) is 0.274. The number of aromatic nitrogens is 3. The minimum atomic E-state index is -0.435. The second-order valence-electron chi connectivity index (χ2n) is 3.52. The minimum Gasteiger partial charge on any atom is -0.464 e. The highest BCUT2D eigenvalue weighted by Gasteiger charge is 2.18. The van der Waals surface area contributed by atoms with E-state index in [-0.39, 0.29) is 5.69 Å². The van der Waals surface area contributed by atoms with Gasteiger partial charge >= 0.3 is 5.97 Å². The van der Waals surface area contributed by atoms with Gasteiger partial charge in [0.25, 0.3) is 0 Å². The molecule has 1 aliphatic heterocycles. The quantitative estimate of drug-likeness (QED) is 0.695. The van der Waals surface area contributed by atoms with Gasteiger partial charge in [0.05, 0.1) is 19.3 Å². The van der Waals surface area contributed by atoms with E-state index in [0.717, 1.165) is 25.9 Å². The molecule has 2 heterocycles. The average molecular weight is 210 g/mol. The van der Waals surface area contributed by atoms with E-state index in [1.807, 2.05) is 0 Å². The molecule has 0 spiro atoms. The van der Waals surface area contributed by atoms with Crippen molar-refractivity contribution in [3.8, 4) is 0 Å². The molecule has 2 rings (SSSR count). The fraction of sp³-hybridized carbons (Fsp3) is 0.667. The summed E-state index contributed by atoms with van der Waals surface area (Å²) in [5.74, 6) is -0.435. The number of carbonyl (C=O) groups is 1. The smallest absolute Gasteiger partial charge is 0.360 e. The maximum absolute atomic E-state index is 11.2. The maximum atomic E-state index is 11.2. The number of nitrogens with zero attached hydrogens (tertiary/aromatic N) is 3. The Morgan fingerprint density at radius 1 is 1.60 bits per heavy atom. The van der Waals surface area contributed by atoms with Crippen molar-refractivity contribution in [2.75, 3.05) is 20.2 Å². The highest BCUT2D eigenvalue weighted by atomic mass is 16.5. The van der Waals surface area contributed by atoms with E-state index in [1.54, 1.807) is 4.80 Å². The van der Waals surface area contributed by atoms with Crippen LogP contribution in [0.1, 0.15) is 29.4 Å². The van der Waals surface area contributed by atoms with E-state index >= 15 is 0 Å². The van der Waals surface area contributed by atoms with Gasteiger partial charge in [-0.2, -0.15) is 9.90 Å². The van der Waals surface area contributed by atoms with Crippen molar-refractivity contribution < 1.29 is 9.53 Å². The number of esters is 1. The molecule has 0 aromatic carbocycles. The molecule has 1 aliphatic rings. The Morgan fingerprint density at radius 2 is 2.33 bits per heavy atom. The van der Waals surface area contributed by atoms with E-state index in [0.29, 0.717) is 6.04 Å². The lowest BCUT2D eigenvalue weighted by atomic mass is 10.1. The first-order chi connectivity index (χ1) is 7.31. The number of rotatable bonds is 2. The summed E-state index contributed by atoms with van der Waals surface area (Å²) in [5, 5.41) is 11.5. The van der Waals surface area contributed by atoms with Crippen LogP contribution < -0.4 is 5.32 Å². The normalized spacial score (nSPS) is 17.7. The molecule has 82 valence electrons. The van der Waals surface area contributed by atoms with Gasteiger partial charge in [-0.05, 0) is 25.9 Å². The Bertz CT molecular complexity index is 344. The maximum Gasteiger partial charge on any atom is 0.360 e. The fourth-order valence-electron chi connectivity index (χ4n) is 1.69. The topological polar surface area (TPSA) is 69.0 Å². The van der Waals surface area contributed by atoms with Gasteiger partial charge in [-0.1, -0.05) is 0 Å². The van der Waals surface area contributed by atoms with Crippen LogP contribution in [0.4, 0.5) is 0 Å². The highest BCUT2D eigenvalue weighted by molar-refractivity contribution is 5.86. The molecule has 0 radical (unpaired) electrons. The Balaban J connectivity index is 2.08. The van der Waals surface area contributed by atoms with Crippen LogP contribution in [0.5, 0.6) is 0 Å². The van der Waals surface area contributed by atoms with Crippen LogP contribution in [-0.4, -0.2) is 41.2 Å². The monoisotopic (exact) mass is 210 g/mol. The molecule has 0 aliphatic carbocycles. The van der Waals surface area contributed by atoms with Crippen LogP contribution in [0.25, 0.3) is 0 Å². The molecule has 15 heavy (non-hydrogen) atoms. The number of hydrogen-bond donors (Lipinski definition) is 1. The summed E-state index contributed by atoms with van der Waals surface area (Å²) in [6.45, 7) is 1.94. The summed E-state index contributed by atoms with van der Waals surface area (Å²) in [6.07, 6.45) is 3.44. The largest absolute Gasteiger partial charge is 0.464 e. The molecule has 6 nitrogen and oxygen atoms in total. The molecular weight excluding hydrogens is 196 g/mol. The van der Waals surface area contributed by atoms with E-state index in [4.69, 9.17) is 0 Å². The first-order valence-electron chi connectivity index (χ1n) is 5.02. The number of carbonyl (C=O) groups excluding carboxylic acids is 1. The van der Waals surface area contributed by atoms with Crippen molar-refractivity contribution in [2.24, 2.45) is 0 Å². The molecule has 1 aromatic heterocycles. The predicted octanol–water partition coefficient (Wildman–Crippen LogP) is -0.0108. The van der Waals surface area contributed by atoms with Crippen LogP contribution in [0.2, 0.25) is 0 Å². The van der Waals surface area contributed by atoms with Crippen molar-refractivity contribution in [3.63, 3.8) is 0 Å². The van der Waals surface area contributed by atoms with Gasteiger partial charge < -0.3 is 10.1 Å². The minimum absolute atomic E-state index is 0.274. The van der Waals surface area contributed by atoms with E-state index in [9.17, 15) is 4.79 Å². The van der Waals surface area contributed by atoms with Crippen molar-refractivity contribution in [1.82, 2.24) is 20.3 Å². The van der Waals surface area contributed by atoms with Gasteiger partial charge in [0, 0.05) is 0 Å². The Labute approximate surface area is 87.6 Å². The Kier molecular flexibility index (Phi) is 2.96. The van der Waals surface area contributed by atoms with Crippen LogP contribution in [0, 0.1) is 0 Å². The van der Waals surface area contributed by atoms with Crippen molar-refractivity contribution >= 4 is 5.97 Å². The number of ether oxygens (including phenoxy) is 1. The van der Waals surface area contributed by atoms with Gasteiger partial charge in [0.15, 0.2) is 5.69 Å². The Morgan fingerprint density at radius 3 is 3.00 bits per heavy atom. The van der Waals surface area contributed by atoms with Gasteiger partial charge in [-0.25, -0.2) is 4.79 Å². The molecule has 0 unspecified atom stereocenters. The lowest BCUT2D eigenvalue weighted by Crippen LogP contribution is -2.30. The van der Waals surface area contributed by atoms with Crippen molar-refractivity contribution in [2.45, 2.75) is 18.9 Å². The summed E-state index contributed by atoms with van der Waals surface area (Å²) < 4.78 is 4.57. The number of methoxy groups -OCH3 is 1. The number of hydrogen-bond acceptors (Lipinski definition) is 5. The van der Waals surface area contributed by atoms with Crippen LogP contribution in [0.15, 0.2) is 6.20 Å². The first-order valence-corrected chi connectivity index (χ1v) is 5.02. The van der Waals surface area contributed by atoms with E-state index in [1.165, 1.54) is 13.3 Å². The van der Waals surface area contributed by atoms with Crippen molar-refractivity contribution in [1.29, 1.82) is 0 Å². The zero-order valence-corrected chi connectivity index (χ0v) is 8.64. The third-order valence-corrected chi connectivity index (χ3v) is 2.54. The zero-order valence-electron chi connectivity index (χ0n) is 8.64. The second kappa shape index (κ2) is 4.39. The average Bonchev–Trinajstić information content (AvgIpc) is 2.78. The summed E-state index contributed by atoms with van der Waals surface area (Å²) in [4.78, 5) is 12.8. The lowest BCUT2D eigenvalue weighted by Gasteiger charge is -2.21. The summed E-state index contributed by atoms with van der Waals surface area (Å²) in [7, 11) is 1.34. The van der Waals surface area contributed by atoms with E-state index in [2.05, 4.69) is 20.3 Å². The molecule has 0 bridgehead atoms. The molecule has 0 saturated carbocycles. The molecular formula is C9H14N4O2. The van der Waals surface area contributed by atoms with Crippen molar-refractivity contribution in [3.05, 3.63) is 11.9 Å². The lowest BCUT2D eigenvalue weighted by molar-refractivity contribution is 0.0592. The predicted molar refractivity (Wildman–Crippen MR) is 52.5 cm³/mol. The second-order valence-corrected chi connectivity index (χ2v) is 3.52. The van der Waals surface area contributed by atoms with Crippen LogP contribution >= 0.6 is 0 Å². The first kappa shape index (κ1) is 10.1. The molecule has 0 atom stereocenters. The van der Waals surface area contributed by atoms with Crippen LogP contribution in [-0.2, 0) is 4.74 Å². The van der Waals surface area contributed by atoms with Crippen LogP contribution in [0.3, 0.4) is 0 Å². The fourth-order valence-corrected chi connectivity index (χ4v) is 1.69. The number of nitrogens with one attached hydrogen (secondary N) is 1. The SMILES string of the molecule is COC(=O)c1cnn(C2CCNCC2)n1. The molecule has 1 saturated heterocycles. The van der Waals surface area contributed by atoms with Gasteiger partial charge in [0.2, 0.25) is 0 Å². The standard InChI is InChI=1S/C9H14N4O2/c1-15-9(14)8-6-11-13(12-8)7-2-4-10-5-3-7/h6-7,10H,2-5H2,1H3. The molecule has 1 fully saturated rings. The molecule has 1 aromatic rings. The third-order valence-electron chi connectivity index (χ3n) is 2.54. The zero-order chi connectivity index (χ0) is 10.7. The number of piperidine rings is 1. The van der Waals surface area contributed by atoms with Gasteiger partial charge in [0.1, 0.15) is 0 Å². The van der Waals surface area contributed by atoms with Gasteiger partial charge in [-0.3, -0.25) is 0 Å². The summed E-state index contributed by atoms with van der Waals surface area (Å²) in [6, 6.07) is 0.296. The molecule has 0 amide bonds. The van der Waals surface area contributed by atoms with Gasteiger partial charge in [-0.15, -0.1) is 5.10 Å². The third kappa shape index (κ3) is 2.15. The molecule has 6 heteroatoms. The Hall–Kier alpha value is -1.43. The molecule has 1 N–H and O–H groups in total.